The van der Waals surface area contributed by atoms with E-state index in [9.17, 15) is 0 Å². The van der Waals surface area contributed by atoms with Gasteiger partial charge >= 0.3 is 0 Å². The van der Waals surface area contributed by atoms with Crippen molar-refractivity contribution < 1.29 is 9.84 Å². The molecule has 0 atom stereocenters. The van der Waals surface area contributed by atoms with Crippen LogP contribution in [0.15, 0.2) is 0 Å². The quantitative estimate of drug-likeness (QED) is 0.691. The molecule has 1 aliphatic carbocycles. The van der Waals surface area contributed by atoms with Crippen LogP contribution in [0.25, 0.3) is 0 Å². The van der Waals surface area contributed by atoms with E-state index in [4.69, 9.17) is 9.84 Å². The Hall–Kier alpha value is -0.120. The highest BCUT2D eigenvalue weighted by Gasteiger charge is 2.26. The molecule has 16 heavy (non-hydrogen) atoms. The minimum atomic E-state index is -0.0266. The molecule has 96 valence electrons. The van der Waals surface area contributed by atoms with Crippen molar-refractivity contribution in [3.63, 3.8) is 0 Å². The summed E-state index contributed by atoms with van der Waals surface area (Å²) in [7, 11) is 1.78. The van der Waals surface area contributed by atoms with Crippen LogP contribution in [0.3, 0.4) is 0 Å². The van der Waals surface area contributed by atoms with Crippen molar-refractivity contribution in [2.24, 2.45) is 0 Å². The Balaban J connectivity index is 2.31. The largest absolute Gasteiger partial charge is 0.396 e. The number of hydrogen-bond donors (Lipinski definition) is 1. The first-order valence-electron chi connectivity index (χ1n) is 6.49. The molecule has 0 bridgehead atoms. The summed E-state index contributed by atoms with van der Waals surface area (Å²) in [5.74, 6) is 0. The molecule has 1 rings (SSSR count). The summed E-state index contributed by atoms with van der Waals surface area (Å²) in [5.41, 5.74) is -0.0266. The highest BCUT2D eigenvalue weighted by molar-refractivity contribution is 4.81. The van der Waals surface area contributed by atoms with E-state index in [0.717, 1.165) is 32.0 Å². The summed E-state index contributed by atoms with van der Waals surface area (Å²) >= 11 is 0. The zero-order chi connectivity index (χ0) is 12.0. The second-order valence-corrected chi connectivity index (χ2v) is 5.41. The van der Waals surface area contributed by atoms with Crippen LogP contribution in [0.2, 0.25) is 0 Å². The molecular formula is C13H27NO2. The van der Waals surface area contributed by atoms with Gasteiger partial charge in [0.05, 0.1) is 5.60 Å². The lowest BCUT2D eigenvalue weighted by molar-refractivity contribution is -0.00116. The third-order valence-corrected chi connectivity index (χ3v) is 3.75. The van der Waals surface area contributed by atoms with Crippen molar-refractivity contribution in [1.29, 1.82) is 0 Å². The fourth-order valence-electron chi connectivity index (χ4n) is 2.02. The van der Waals surface area contributed by atoms with Gasteiger partial charge < -0.3 is 14.7 Å². The van der Waals surface area contributed by atoms with E-state index in [1.54, 1.807) is 7.11 Å². The molecule has 0 amide bonds. The molecule has 0 saturated heterocycles. The first-order valence-corrected chi connectivity index (χ1v) is 6.49. The van der Waals surface area contributed by atoms with Crippen LogP contribution in [0.4, 0.5) is 0 Å². The molecule has 0 aromatic rings. The Labute approximate surface area is 99.8 Å². The Kier molecular flexibility index (Phi) is 5.73. The van der Waals surface area contributed by atoms with Gasteiger partial charge in [0.1, 0.15) is 0 Å². The van der Waals surface area contributed by atoms with Crippen LogP contribution in [0.1, 0.15) is 46.0 Å². The number of ether oxygens (including phenoxy) is 1. The Morgan fingerprint density at radius 2 is 2.00 bits per heavy atom. The molecule has 0 aliphatic heterocycles. The topological polar surface area (TPSA) is 32.7 Å². The Bertz CT molecular complexity index is 190. The maximum absolute atomic E-state index is 8.91. The standard InChI is InChI=1S/C13H27NO2/c1-13(2,16-3)8-10-14(9-5-11-15)12-6-4-7-12/h12,15H,4-11H2,1-3H3. The van der Waals surface area contributed by atoms with E-state index >= 15 is 0 Å². The van der Waals surface area contributed by atoms with Gasteiger partial charge in [-0.3, -0.25) is 0 Å². The van der Waals surface area contributed by atoms with Crippen LogP contribution < -0.4 is 0 Å². The number of hydrogen-bond acceptors (Lipinski definition) is 3. The molecule has 1 aliphatic rings. The van der Waals surface area contributed by atoms with Crippen molar-refractivity contribution in [3.8, 4) is 0 Å². The van der Waals surface area contributed by atoms with E-state index < -0.39 is 0 Å². The molecule has 0 spiro atoms. The minimum Gasteiger partial charge on any atom is -0.396 e. The molecule has 0 unspecified atom stereocenters. The van der Waals surface area contributed by atoms with E-state index in [2.05, 4.69) is 18.7 Å². The van der Waals surface area contributed by atoms with Crippen molar-refractivity contribution in [1.82, 2.24) is 4.90 Å². The smallest absolute Gasteiger partial charge is 0.0634 e. The van der Waals surface area contributed by atoms with Crippen LogP contribution in [0, 0.1) is 0 Å². The average Bonchev–Trinajstić information content (AvgIpc) is 2.19. The SMILES string of the molecule is COC(C)(C)CCN(CCCO)C1CCC1. The van der Waals surface area contributed by atoms with Gasteiger partial charge in [0, 0.05) is 32.8 Å². The maximum atomic E-state index is 8.91. The molecule has 0 aromatic heterocycles. The zero-order valence-corrected chi connectivity index (χ0v) is 11.0. The van der Waals surface area contributed by atoms with Gasteiger partial charge in [0.15, 0.2) is 0 Å². The third kappa shape index (κ3) is 4.40. The molecule has 0 aromatic carbocycles. The van der Waals surface area contributed by atoms with E-state index in [1.807, 2.05) is 0 Å². The van der Waals surface area contributed by atoms with Gasteiger partial charge in [-0.2, -0.15) is 0 Å². The highest BCUT2D eigenvalue weighted by Crippen LogP contribution is 2.26. The van der Waals surface area contributed by atoms with Gasteiger partial charge in [-0.05, 0) is 39.5 Å². The second-order valence-electron chi connectivity index (χ2n) is 5.41. The van der Waals surface area contributed by atoms with Gasteiger partial charge in [-0.1, -0.05) is 6.42 Å². The normalized spacial score (nSPS) is 17.8. The minimum absolute atomic E-state index is 0.0266. The molecule has 3 nitrogen and oxygen atoms in total. The summed E-state index contributed by atoms with van der Waals surface area (Å²) < 4.78 is 5.45. The van der Waals surface area contributed by atoms with E-state index in [1.165, 1.54) is 19.3 Å². The number of aliphatic hydroxyl groups excluding tert-OH is 1. The van der Waals surface area contributed by atoms with Crippen LogP contribution in [-0.2, 0) is 4.74 Å². The second kappa shape index (κ2) is 6.58. The summed E-state index contributed by atoms with van der Waals surface area (Å²) in [6.07, 6.45) is 5.99. The fraction of sp³-hybridized carbons (Fsp3) is 1.00. The number of nitrogens with zero attached hydrogens (tertiary/aromatic N) is 1. The maximum Gasteiger partial charge on any atom is 0.0634 e. The lowest BCUT2D eigenvalue weighted by atomic mass is 9.90. The third-order valence-electron chi connectivity index (χ3n) is 3.75. The number of aliphatic hydroxyl groups is 1. The zero-order valence-electron chi connectivity index (χ0n) is 11.0. The van der Waals surface area contributed by atoms with Crippen molar-refractivity contribution >= 4 is 0 Å². The fourth-order valence-corrected chi connectivity index (χ4v) is 2.02. The van der Waals surface area contributed by atoms with Crippen LogP contribution in [-0.4, -0.2) is 48.5 Å². The molecular weight excluding hydrogens is 202 g/mol. The van der Waals surface area contributed by atoms with Gasteiger partial charge in [-0.25, -0.2) is 0 Å². The lowest BCUT2D eigenvalue weighted by Crippen LogP contribution is -2.43. The number of rotatable bonds is 8. The van der Waals surface area contributed by atoms with Gasteiger partial charge in [-0.15, -0.1) is 0 Å². The van der Waals surface area contributed by atoms with Crippen molar-refractivity contribution in [3.05, 3.63) is 0 Å². The van der Waals surface area contributed by atoms with Gasteiger partial charge in [0.25, 0.3) is 0 Å². The van der Waals surface area contributed by atoms with Crippen LogP contribution >= 0.6 is 0 Å². The van der Waals surface area contributed by atoms with Crippen LogP contribution in [0.5, 0.6) is 0 Å². The Morgan fingerprint density at radius 1 is 1.31 bits per heavy atom. The first kappa shape index (κ1) is 13.9. The monoisotopic (exact) mass is 229 g/mol. The lowest BCUT2D eigenvalue weighted by Gasteiger charge is -2.39. The molecule has 3 heteroatoms. The molecule has 1 fully saturated rings. The number of methoxy groups -OCH3 is 1. The molecule has 1 N–H and O–H groups in total. The summed E-state index contributed by atoms with van der Waals surface area (Å²) in [6, 6.07) is 0.763. The molecule has 0 radical (unpaired) electrons. The average molecular weight is 229 g/mol. The van der Waals surface area contributed by atoms with Crippen molar-refractivity contribution in [2.75, 3.05) is 26.8 Å². The predicted molar refractivity (Wildman–Crippen MR) is 66.6 cm³/mol. The Morgan fingerprint density at radius 3 is 2.44 bits per heavy atom. The summed E-state index contributed by atoms with van der Waals surface area (Å²) in [6.45, 7) is 6.69. The van der Waals surface area contributed by atoms with Crippen molar-refractivity contribution in [2.45, 2.75) is 57.6 Å². The first-order chi connectivity index (χ1) is 7.59. The van der Waals surface area contributed by atoms with E-state index in [-0.39, 0.29) is 5.60 Å². The highest BCUT2D eigenvalue weighted by atomic mass is 16.5. The predicted octanol–water partition coefficient (Wildman–Crippen LogP) is 2.04. The molecule has 0 heterocycles. The molecule has 1 saturated carbocycles. The van der Waals surface area contributed by atoms with E-state index in [0.29, 0.717) is 6.61 Å². The summed E-state index contributed by atoms with van der Waals surface area (Å²) in [4.78, 5) is 2.53. The van der Waals surface area contributed by atoms with Gasteiger partial charge in [0.2, 0.25) is 0 Å². The summed E-state index contributed by atoms with van der Waals surface area (Å²) in [5, 5.41) is 8.91.